The van der Waals surface area contributed by atoms with E-state index in [2.05, 4.69) is 48.5 Å². The van der Waals surface area contributed by atoms with Crippen molar-refractivity contribution >= 4 is 0 Å². The molecular weight excluding hydrogens is 156 g/mol. The van der Waals surface area contributed by atoms with Gasteiger partial charge < -0.3 is 0 Å². The van der Waals surface area contributed by atoms with E-state index in [-0.39, 0.29) is 0 Å². The highest BCUT2D eigenvalue weighted by atomic mass is 14.3. The molecule has 80 valence electrons. The van der Waals surface area contributed by atoms with Gasteiger partial charge >= 0.3 is 0 Å². The van der Waals surface area contributed by atoms with Crippen LogP contribution >= 0.6 is 0 Å². The van der Waals surface area contributed by atoms with Gasteiger partial charge in [0.05, 0.1) is 0 Å². The molecule has 0 heteroatoms. The molecule has 0 aliphatic rings. The largest absolute Gasteiger partial charge is 0.0649 e. The lowest BCUT2D eigenvalue weighted by Crippen LogP contribution is -2.26. The molecule has 0 aliphatic heterocycles. The maximum Gasteiger partial charge on any atom is -0.0331 e. The minimum Gasteiger partial charge on any atom is -0.0649 e. The van der Waals surface area contributed by atoms with Gasteiger partial charge in [0.15, 0.2) is 0 Å². The first-order valence-electron chi connectivity index (χ1n) is 5.75. The molecule has 1 unspecified atom stereocenters. The van der Waals surface area contributed by atoms with Crippen LogP contribution in [0.2, 0.25) is 0 Å². The average molecular weight is 184 g/mol. The molecule has 0 nitrogen and oxygen atoms in total. The van der Waals surface area contributed by atoms with Crippen LogP contribution in [0.15, 0.2) is 0 Å². The lowest BCUT2D eigenvalue weighted by atomic mass is 9.69. The first-order chi connectivity index (χ1) is 5.75. The molecule has 0 spiro atoms. The van der Waals surface area contributed by atoms with Crippen molar-refractivity contribution in [2.75, 3.05) is 0 Å². The highest BCUT2D eigenvalue weighted by molar-refractivity contribution is 4.79. The first-order valence-corrected chi connectivity index (χ1v) is 5.75. The van der Waals surface area contributed by atoms with Crippen LogP contribution < -0.4 is 0 Å². The second-order valence-corrected chi connectivity index (χ2v) is 5.97. The average Bonchev–Trinajstić information content (AvgIpc) is 2.04. The minimum absolute atomic E-state index is 0.506. The molecular formula is C13H28. The van der Waals surface area contributed by atoms with Gasteiger partial charge in [0.2, 0.25) is 0 Å². The molecule has 0 aliphatic carbocycles. The normalized spacial score (nSPS) is 15.9. The van der Waals surface area contributed by atoms with Crippen molar-refractivity contribution in [1.29, 1.82) is 0 Å². The minimum atomic E-state index is 0.506. The molecule has 1 atom stereocenters. The molecule has 0 fully saturated rings. The van der Waals surface area contributed by atoms with E-state index in [1.54, 1.807) is 0 Å². The third-order valence-electron chi connectivity index (χ3n) is 4.06. The zero-order valence-electron chi connectivity index (χ0n) is 10.7. The molecule has 0 saturated heterocycles. The van der Waals surface area contributed by atoms with Crippen LogP contribution in [0.1, 0.15) is 67.7 Å². The SMILES string of the molecule is CCC(C)(C)CC(C)C(C)(C)CC. The summed E-state index contributed by atoms with van der Waals surface area (Å²) in [7, 11) is 0. The van der Waals surface area contributed by atoms with Gasteiger partial charge in [0, 0.05) is 0 Å². The fourth-order valence-corrected chi connectivity index (χ4v) is 1.60. The van der Waals surface area contributed by atoms with Crippen LogP contribution in [-0.2, 0) is 0 Å². The van der Waals surface area contributed by atoms with Crippen LogP contribution in [-0.4, -0.2) is 0 Å². The molecule has 0 radical (unpaired) electrons. The van der Waals surface area contributed by atoms with E-state index in [0.29, 0.717) is 10.8 Å². The lowest BCUT2D eigenvalue weighted by Gasteiger charge is -2.36. The van der Waals surface area contributed by atoms with Crippen LogP contribution in [0.3, 0.4) is 0 Å². The smallest absolute Gasteiger partial charge is 0.0331 e. The standard InChI is InChI=1S/C13H28/c1-8-12(4,5)10-11(3)13(6,7)9-2/h11H,8-10H2,1-7H3. The van der Waals surface area contributed by atoms with E-state index in [9.17, 15) is 0 Å². The first kappa shape index (κ1) is 13.0. The third kappa shape index (κ3) is 4.15. The maximum absolute atomic E-state index is 2.40. The zero-order valence-corrected chi connectivity index (χ0v) is 10.7. The van der Waals surface area contributed by atoms with E-state index in [0.717, 1.165) is 5.92 Å². The second-order valence-electron chi connectivity index (χ2n) is 5.97. The number of rotatable bonds is 5. The Morgan fingerprint density at radius 1 is 0.923 bits per heavy atom. The van der Waals surface area contributed by atoms with Crippen molar-refractivity contribution in [2.45, 2.75) is 67.7 Å². The summed E-state index contributed by atoms with van der Waals surface area (Å²) >= 11 is 0. The quantitative estimate of drug-likeness (QED) is 0.571. The van der Waals surface area contributed by atoms with Crippen LogP contribution in [0.25, 0.3) is 0 Å². The van der Waals surface area contributed by atoms with E-state index < -0.39 is 0 Å². The summed E-state index contributed by atoms with van der Waals surface area (Å²) < 4.78 is 0. The Labute approximate surface area is 85.1 Å². The monoisotopic (exact) mass is 184 g/mol. The molecule has 0 aromatic rings. The van der Waals surface area contributed by atoms with Crippen LogP contribution in [0.4, 0.5) is 0 Å². The Balaban J connectivity index is 4.22. The van der Waals surface area contributed by atoms with Crippen LogP contribution in [0, 0.1) is 16.7 Å². The summed E-state index contributed by atoms with van der Waals surface area (Å²) in [6.07, 6.45) is 3.93. The summed E-state index contributed by atoms with van der Waals surface area (Å²) in [5.41, 5.74) is 1.03. The predicted octanol–water partition coefficient (Wildman–Crippen LogP) is 4.89. The summed E-state index contributed by atoms with van der Waals surface area (Å²) in [5, 5.41) is 0. The second kappa shape index (κ2) is 4.48. The highest BCUT2D eigenvalue weighted by Gasteiger charge is 2.28. The lowest BCUT2D eigenvalue weighted by molar-refractivity contribution is 0.145. The van der Waals surface area contributed by atoms with E-state index >= 15 is 0 Å². The molecule has 13 heavy (non-hydrogen) atoms. The van der Waals surface area contributed by atoms with E-state index in [1.165, 1.54) is 19.3 Å². The maximum atomic E-state index is 2.40. The van der Waals surface area contributed by atoms with Gasteiger partial charge in [0.1, 0.15) is 0 Å². The Kier molecular flexibility index (Phi) is 4.48. The van der Waals surface area contributed by atoms with Gasteiger partial charge in [-0.05, 0) is 23.2 Å². The Hall–Kier alpha value is 0. The van der Waals surface area contributed by atoms with Gasteiger partial charge in [-0.3, -0.25) is 0 Å². The molecule has 0 rings (SSSR count). The van der Waals surface area contributed by atoms with Gasteiger partial charge in [-0.25, -0.2) is 0 Å². The van der Waals surface area contributed by atoms with E-state index in [4.69, 9.17) is 0 Å². The molecule has 0 amide bonds. The van der Waals surface area contributed by atoms with Crippen molar-refractivity contribution < 1.29 is 0 Å². The topological polar surface area (TPSA) is 0 Å². The van der Waals surface area contributed by atoms with Crippen LogP contribution in [0.5, 0.6) is 0 Å². The summed E-state index contributed by atoms with van der Waals surface area (Å²) in [4.78, 5) is 0. The van der Waals surface area contributed by atoms with Crippen molar-refractivity contribution in [1.82, 2.24) is 0 Å². The molecule has 0 saturated carbocycles. The van der Waals surface area contributed by atoms with Gasteiger partial charge in [-0.2, -0.15) is 0 Å². The molecule has 0 N–H and O–H groups in total. The third-order valence-corrected chi connectivity index (χ3v) is 4.06. The van der Waals surface area contributed by atoms with Gasteiger partial charge in [-0.1, -0.05) is 61.3 Å². The number of hydrogen-bond acceptors (Lipinski definition) is 0. The molecule has 0 heterocycles. The van der Waals surface area contributed by atoms with E-state index in [1.807, 2.05) is 0 Å². The molecule has 0 aromatic carbocycles. The fourth-order valence-electron chi connectivity index (χ4n) is 1.60. The summed E-state index contributed by atoms with van der Waals surface area (Å²) in [6.45, 7) is 16.6. The van der Waals surface area contributed by atoms with Crippen molar-refractivity contribution in [3.8, 4) is 0 Å². The predicted molar refractivity (Wildman–Crippen MR) is 61.9 cm³/mol. The summed E-state index contributed by atoms with van der Waals surface area (Å²) in [6, 6.07) is 0. The highest BCUT2D eigenvalue weighted by Crippen LogP contribution is 2.39. The van der Waals surface area contributed by atoms with Gasteiger partial charge in [0.25, 0.3) is 0 Å². The fraction of sp³-hybridized carbons (Fsp3) is 1.00. The summed E-state index contributed by atoms with van der Waals surface area (Å²) in [5.74, 6) is 0.826. The zero-order chi connectivity index (χ0) is 10.7. The Bertz CT molecular complexity index is 142. The van der Waals surface area contributed by atoms with Crippen molar-refractivity contribution in [3.05, 3.63) is 0 Å². The molecule has 0 bridgehead atoms. The number of hydrogen-bond donors (Lipinski definition) is 0. The molecule has 0 aromatic heterocycles. The van der Waals surface area contributed by atoms with Crippen molar-refractivity contribution in [3.63, 3.8) is 0 Å². The Morgan fingerprint density at radius 3 is 1.69 bits per heavy atom. The van der Waals surface area contributed by atoms with Crippen molar-refractivity contribution in [2.24, 2.45) is 16.7 Å². The Morgan fingerprint density at radius 2 is 1.38 bits per heavy atom. The van der Waals surface area contributed by atoms with Gasteiger partial charge in [-0.15, -0.1) is 0 Å².